The summed E-state index contributed by atoms with van der Waals surface area (Å²) in [5.41, 5.74) is 3.78. The normalized spacial score (nSPS) is 15.7. The van der Waals surface area contributed by atoms with Crippen LogP contribution < -0.4 is 4.74 Å². The van der Waals surface area contributed by atoms with Gasteiger partial charge < -0.3 is 14.6 Å². The quantitative estimate of drug-likeness (QED) is 0.385. The fourth-order valence-electron chi connectivity index (χ4n) is 3.45. The van der Waals surface area contributed by atoms with Crippen molar-refractivity contribution in [3.63, 3.8) is 0 Å². The minimum atomic E-state index is -0.602. The summed E-state index contributed by atoms with van der Waals surface area (Å²) in [6.07, 6.45) is 1.80. The number of thioether (sulfide) groups is 1. The van der Waals surface area contributed by atoms with E-state index in [0.717, 1.165) is 11.1 Å². The second kappa shape index (κ2) is 10.9. The highest BCUT2D eigenvalue weighted by Gasteiger charge is 2.33. The first-order chi connectivity index (χ1) is 16.5. The predicted molar refractivity (Wildman–Crippen MR) is 137 cm³/mol. The number of aliphatic hydroxyl groups is 1. The zero-order valence-electron chi connectivity index (χ0n) is 19.0. The summed E-state index contributed by atoms with van der Waals surface area (Å²) in [7, 11) is 0. The molecule has 0 fully saturated rings. The van der Waals surface area contributed by atoms with Crippen LogP contribution in [0, 0.1) is 6.92 Å². The van der Waals surface area contributed by atoms with E-state index in [-0.39, 0.29) is 17.9 Å². The van der Waals surface area contributed by atoms with Crippen LogP contribution in [-0.2, 0) is 16.1 Å². The van der Waals surface area contributed by atoms with Gasteiger partial charge in [0.2, 0.25) is 0 Å². The lowest BCUT2D eigenvalue weighted by atomic mass is 10.1. The van der Waals surface area contributed by atoms with Gasteiger partial charge in [-0.2, -0.15) is 0 Å². The number of nitrogens with zero attached hydrogens (tertiary/aromatic N) is 1. The van der Waals surface area contributed by atoms with Crippen molar-refractivity contribution in [2.45, 2.75) is 20.5 Å². The van der Waals surface area contributed by atoms with Gasteiger partial charge in [-0.15, -0.1) is 0 Å². The minimum absolute atomic E-state index is 0.0695. The van der Waals surface area contributed by atoms with Crippen molar-refractivity contribution in [1.29, 1.82) is 0 Å². The molecule has 0 amide bonds. The number of hydrogen-bond donors (Lipinski definition) is 1. The summed E-state index contributed by atoms with van der Waals surface area (Å²) in [4.78, 5) is 17.7. The van der Waals surface area contributed by atoms with E-state index < -0.39 is 5.97 Å². The molecule has 1 aliphatic heterocycles. The lowest BCUT2D eigenvalue weighted by Crippen LogP contribution is -2.12. The van der Waals surface area contributed by atoms with Gasteiger partial charge in [0.15, 0.2) is 0 Å². The van der Waals surface area contributed by atoms with Gasteiger partial charge in [-0.25, -0.2) is 9.79 Å². The van der Waals surface area contributed by atoms with E-state index in [4.69, 9.17) is 9.47 Å². The molecule has 1 aliphatic rings. The standard InChI is InChI=1S/C28H25NO4S/c1-3-32-28(31)25-26(30)24(34-27(25)29-22-13-5-4-6-14-22)17-21-12-7-8-15-23(21)33-18-20-11-9-10-19(2)16-20/h4-17,30H,3,18H2,1-2H3/b24-17-,29-27?. The maximum atomic E-state index is 12.6. The molecule has 0 aromatic heterocycles. The Labute approximate surface area is 203 Å². The second-order valence-electron chi connectivity index (χ2n) is 7.62. The van der Waals surface area contributed by atoms with Crippen LogP contribution in [0.2, 0.25) is 0 Å². The number of ether oxygens (including phenoxy) is 2. The first-order valence-electron chi connectivity index (χ1n) is 11.0. The van der Waals surface area contributed by atoms with Crippen LogP contribution in [0.4, 0.5) is 5.69 Å². The largest absolute Gasteiger partial charge is 0.506 e. The van der Waals surface area contributed by atoms with Crippen LogP contribution >= 0.6 is 11.8 Å². The van der Waals surface area contributed by atoms with Crippen LogP contribution in [0.5, 0.6) is 5.75 Å². The second-order valence-corrected chi connectivity index (χ2v) is 8.65. The highest BCUT2D eigenvalue weighted by molar-refractivity contribution is 8.18. The predicted octanol–water partition coefficient (Wildman–Crippen LogP) is 6.77. The molecule has 5 nitrogen and oxygen atoms in total. The zero-order valence-corrected chi connectivity index (χ0v) is 19.8. The van der Waals surface area contributed by atoms with E-state index in [1.807, 2.05) is 79.7 Å². The van der Waals surface area contributed by atoms with Gasteiger partial charge in [-0.3, -0.25) is 0 Å². The molecule has 6 heteroatoms. The van der Waals surface area contributed by atoms with E-state index in [1.165, 1.54) is 17.3 Å². The number of para-hydroxylation sites is 2. The number of aliphatic hydroxyl groups excluding tert-OH is 1. The van der Waals surface area contributed by atoms with Crippen molar-refractivity contribution in [3.05, 3.63) is 112 Å². The summed E-state index contributed by atoms with van der Waals surface area (Å²) >= 11 is 1.23. The Morgan fingerprint density at radius 1 is 1.03 bits per heavy atom. The number of aryl methyl sites for hydroxylation is 1. The number of esters is 1. The smallest absolute Gasteiger partial charge is 0.344 e. The molecule has 0 aliphatic carbocycles. The Morgan fingerprint density at radius 2 is 1.79 bits per heavy atom. The molecule has 34 heavy (non-hydrogen) atoms. The topological polar surface area (TPSA) is 68.1 Å². The number of carbonyl (C=O) groups is 1. The number of carbonyl (C=O) groups excluding carboxylic acids is 1. The molecule has 0 unspecified atom stereocenters. The number of rotatable bonds is 7. The lowest BCUT2D eigenvalue weighted by Gasteiger charge is -2.10. The molecule has 172 valence electrons. The molecule has 0 bridgehead atoms. The Hall–Kier alpha value is -3.77. The summed E-state index contributed by atoms with van der Waals surface area (Å²) in [5, 5.41) is 11.3. The third-order valence-corrected chi connectivity index (χ3v) is 6.06. The van der Waals surface area contributed by atoms with Crippen molar-refractivity contribution in [3.8, 4) is 5.75 Å². The number of hydrogen-bond acceptors (Lipinski definition) is 6. The third kappa shape index (κ3) is 5.58. The highest BCUT2D eigenvalue weighted by atomic mass is 32.2. The molecular formula is C28H25NO4S. The monoisotopic (exact) mass is 471 g/mol. The summed E-state index contributed by atoms with van der Waals surface area (Å²) in [6, 6.07) is 25.0. The molecule has 1 heterocycles. The SMILES string of the molecule is CCOC(=O)C1=C(O)/C(=C/c2ccccc2OCc2cccc(C)c2)SC1=Nc1ccccc1. The van der Waals surface area contributed by atoms with Crippen molar-refractivity contribution in [2.24, 2.45) is 4.99 Å². The van der Waals surface area contributed by atoms with Gasteiger partial charge in [0.1, 0.15) is 28.7 Å². The van der Waals surface area contributed by atoms with Crippen LogP contribution in [-0.4, -0.2) is 22.7 Å². The molecule has 1 N–H and O–H groups in total. The average molecular weight is 472 g/mol. The average Bonchev–Trinajstić information content (AvgIpc) is 3.13. The van der Waals surface area contributed by atoms with E-state index in [1.54, 1.807) is 13.0 Å². The maximum Gasteiger partial charge on any atom is 0.344 e. The first kappa shape index (κ1) is 23.4. The van der Waals surface area contributed by atoms with Crippen LogP contribution in [0.15, 0.2) is 100 Å². The van der Waals surface area contributed by atoms with Crippen molar-refractivity contribution in [1.82, 2.24) is 0 Å². The molecule has 0 radical (unpaired) electrons. The Kier molecular flexibility index (Phi) is 7.50. The summed E-state index contributed by atoms with van der Waals surface area (Å²) < 4.78 is 11.3. The van der Waals surface area contributed by atoms with Crippen LogP contribution in [0.1, 0.15) is 23.6 Å². The fourth-order valence-corrected chi connectivity index (χ4v) is 4.47. The van der Waals surface area contributed by atoms with E-state index >= 15 is 0 Å². The molecule has 4 rings (SSSR count). The van der Waals surface area contributed by atoms with Gasteiger partial charge in [-0.1, -0.05) is 78.0 Å². The van der Waals surface area contributed by atoms with Crippen molar-refractivity contribution in [2.75, 3.05) is 6.61 Å². The van der Waals surface area contributed by atoms with Gasteiger partial charge in [-0.05, 0) is 43.7 Å². The van der Waals surface area contributed by atoms with E-state index in [2.05, 4.69) is 11.1 Å². The fraction of sp³-hybridized carbons (Fsp3) is 0.143. The van der Waals surface area contributed by atoms with Gasteiger partial charge in [0.05, 0.1) is 17.2 Å². The number of aliphatic imine (C=N–C) groups is 1. The highest BCUT2D eigenvalue weighted by Crippen LogP contribution is 2.41. The van der Waals surface area contributed by atoms with Gasteiger partial charge in [0.25, 0.3) is 0 Å². The van der Waals surface area contributed by atoms with Crippen LogP contribution in [0.25, 0.3) is 6.08 Å². The molecule has 3 aromatic rings. The molecule has 0 spiro atoms. The summed E-state index contributed by atoms with van der Waals surface area (Å²) in [5.74, 6) is -0.0720. The zero-order chi connectivity index (χ0) is 23.9. The lowest BCUT2D eigenvalue weighted by molar-refractivity contribution is -0.138. The summed E-state index contributed by atoms with van der Waals surface area (Å²) in [6.45, 7) is 4.40. The van der Waals surface area contributed by atoms with Gasteiger partial charge in [0, 0.05) is 5.56 Å². The molecule has 3 aromatic carbocycles. The van der Waals surface area contributed by atoms with Crippen molar-refractivity contribution >= 4 is 34.5 Å². The Morgan fingerprint density at radius 3 is 2.56 bits per heavy atom. The minimum Gasteiger partial charge on any atom is -0.506 e. The molecule has 0 atom stereocenters. The van der Waals surface area contributed by atoms with Crippen molar-refractivity contribution < 1.29 is 19.4 Å². The maximum absolute atomic E-state index is 12.6. The molecule has 0 saturated carbocycles. The molecule has 0 saturated heterocycles. The van der Waals surface area contributed by atoms with Crippen LogP contribution in [0.3, 0.4) is 0 Å². The first-order valence-corrected chi connectivity index (χ1v) is 11.8. The Balaban J connectivity index is 1.66. The van der Waals surface area contributed by atoms with E-state index in [9.17, 15) is 9.90 Å². The van der Waals surface area contributed by atoms with E-state index in [0.29, 0.717) is 28.0 Å². The Bertz CT molecular complexity index is 1280. The third-order valence-electron chi connectivity index (χ3n) is 5.04. The number of benzene rings is 3. The molecular weight excluding hydrogens is 446 g/mol. The van der Waals surface area contributed by atoms with Gasteiger partial charge >= 0.3 is 5.97 Å².